The average molecular weight is 293 g/mol. The van der Waals surface area contributed by atoms with Crippen molar-refractivity contribution >= 4 is 0 Å². The van der Waals surface area contributed by atoms with Gasteiger partial charge in [0.1, 0.15) is 0 Å². The summed E-state index contributed by atoms with van der Waals surface area (Å²) >= 11 is 0. The highest BCUT2D eigenvalue weighted by atomic mass is 16.2. The van der Waals surface area contributed by atoms with Crippen molar-refractivity contribution in [2.45, 2.75) is 25.4 Å². The smallest absolute Gasteiger partial charge is 0.272 e. The van der Waals surface area contributed by atoms with E-state index in [2.05, 4.69) is 15.1 Å². The summed E-state index contributed by atoms with van der Waals surface area (Å²) < 4.78 is 3.33. The van der Waals surface area contributed by atoms with E-state index in [1.165, 1.54) is 4.68 Å². The minimum Gasteiger partial charge on any atom is -0.272 e. The molecular formula is C16H15N5O. The number of rotatable bonds is 4. The standard InChI is InChI=1S/C16H15N5O/c22-16-20(11-12-5-8-17-9-6-12)19-15(21(16)14-3-4-14)13-2-1-7-18-10-13/h1-2,5-10,14H,3-4,11H2. The van der Waals surface area contributed by atoms with E-state index in [9.17, 15) is 4.79 Å². The molecule has 0 saturated heterocycles. The molecule has 0 bridgehead atoms. The molecule has 0 N–H and O–H groups in total. The summed E-state index contributed by atoms with van der Waals surface area (Å²) in [6.07, 6.45) is 8.98. The second kappa shape index (κ2) is 5.22. The summed E-state index contributed by atoms with van der Waals surface area (Å²) in [5.74, 6) is 0.703. The van der Waals surface area contributed by atoms with Gasteiger partial charge in [0.05, 0.1) is 6.54 Å². The molecule has 1 saturated carbocycles. The number of pyridine rings is 2. The van der Waals surface area contributed by atoms with Crippen molar-refractivity contribution in [2.24, 2.45) is 0 Å². The largest absolute Gasteiger partial charge is 0.346 e. The van der Waals surface area contributed by atoms with Crippen LogP contribution in [0.4, 0.5) is 0 Å². The van der Waals surface area contributed by atoms with Gasteiger partial charge >= 0.3 is 5.69 Å². The van der Waals surface area contributed by atoms with Gasteiger partial charge in [0.15, 0.2) is 5.82 Å². The molecule has 3 heterocycles. The molecule has 0 unspecified atom stereocenters. The molecule has 0 spiro atoms. The Kier molecular flexibility index (Phi) is 3.07. The molecule has 1 aliphatic carbocycles. The fourth-order valence-corrected chi connectivity index (χ4v) is 2.54. The van der Waals surface area contributed by atoms with Crippen LogP contribution >= 0.6 is 0 Å². The van der Waals surface area contributed by atoms with Crippen LogP contribution in [0.2, 0.25) is 0 Å². The fraction of sp³-hybridized carbons (Fsp3) is 0.250. The minimum atomic E-state index is -0.0573. The van der Waals surface area contributed by atoms with Crippen molar-refractivity contribution < 1.29 is 0 Å². The molecule has 0 radical (unpaired) electrons. The van der Waals surface area contributed by atoms with E-state index < -0.39 is 0 Å². The molecule has 6 nitrogen and oxygen atoms in total. The topological polar surface area (TPSA) is 65.6 Å². The summed E-state index contributed by atoms with van der Waals surface area (Å²) in [4.78, 5) is 20.8. The van der Waals surface area contributed by atoms with Crippen LogP contribution in [0.15, 0.2) is 53.8 Å². The first-order valence-electron chi connectivity index (χ1n) is 7.31. The summed E-state index contributed by atoms with van der Waals surface area (Å²) in [6.45, 7) is 0.453. The Bertz CT molecular complexity index is 834. The maximum absolute atomic E-state index is 12.7. The Hall–Kier alpha value is -2.76. The van der Waals surface area contributed by atoms with Gasteiger partial charge in [0, 0.05) is 36.4 Å². The van der Waals surface area contributed by atoms with Crippen molar-refractivity contribution in [2.75, 3.05) is 0 Å². The van der Waals surface area contributed by atoms with Gasteiger partial charge in [-0.05, 0) is 42.7 Å². The van der Waals surface area contributed by atoms with Crippen LogP contribution in [0, 0.1) is 0 Å². The maximum Gasteiger partial charge on any atom is 0.346 e. The molecule has 0 atom stereocenters. The number of aromatic nitrogens is 5. The van der Waals surface area contributed by atoms with Gasteiger partial charge < -0.3 is 0 Å². The number of hydrogen-bond acceptors (Lipinski definition) is 4. The lowest BCUT2D eigenvalue weighted by atomic mass is 10.3. The molecule has 3 aromatic rings. The van der Waals surface area contributed by atoms with E-state index in [0.717, 1.165) is 24.0 Å². The van der Waals surface area contributed by atoms with Gasteiger partial charge in [0.25, 0.3) is 0 Å². The summed E-state index contributed by atoms with van der Waals surface area (Å²) in [7, 11) is 0. The van der Waals surface area contributed by atoms with Gasteiger partial charge in [-0.3, -0.25) is 14.5 Å². The van der Waals surface area contributed by atoms with Gasteiger partial charge in [-0.1, -0.05) is 0 Å². The lowest BCUT2D eigenvalue weighted by Crippen LogP contribution is -2.25. The van der Waals surface area contributed by atoms with Crippen LogP contribution < -0.4 is 5.69 Å². The molecule has 22 heavy (non-hydrogen) atoms. The molecule has 3 aromatic heterocycles. The predicted molar refractivity (Wildman–Crippen MR) is 81.3 cm³/mol. The van der Waals surface area contributed by atoms with Crippen molar-refractivity contribution in [1.82, 2.24) is 24.3 Å². The zero-order chi connectivity index (χ0) is 14.9. The van der Waals surface area contributed by atoms with Gasteiger partial charge in [-0.25, -0.2) is 9.48 Å². The maximum atomic E-state index is 12.7. The average Bonchev–Trinajstić information content (AvgIpc) is 3.35. The third kappa shape index (κ3) is 2.32. The van der Waals surface area contributed by atoms with Gasteiger partial charge in [-0.15, -0.1) is 5.10 Å². The lowest BCUT2D eigenvalue weighted by molar-refractivity contribution is 0.625. The van der Waals surface area contributed by atoms with Gasteiger partial charge in [-0.2, -0.15) is 0 Å². The van der Waals surface area contributed by atoms with Crippen molar-refractivity contribution in [3.8, 4) is 11.4 Å². The molecule has 1 fully saturated rings. The molecule has 0 aromatic carbocycles. The third-order valence-corrected chi connectivity index (χ3v) is 3.78. The predicted octanol–water partition coefficient (Wildman–Crippen LogP) is 1.88. The molecule has 4 rings (SSSR count). The molecule has 110 valence electrons. The molecule has 6 heteroatoms. The lowest BCUT2D eigenvalue weighted by Gasteiger charge is -2.02. The van der Waals surface area contributed by atoms with Crippen LogP contribution in [0.5, 0.6) is 0 Å². The summed E-state index contributed by atoms with van der Waals surface area (Å²) in [5.41, 5.74) is 1.83. The highest BCUT2D eigenvalue weighted by molar-refractivity contribution is 5.53. The highest BCUT2D eigenvalue weighted by Crippen LogP contribution is 2.36. The van der Waals surface area contributed by atoms with Crippen molar-refractivity contribution in [1.29, 1.82) is 0 Å². The zero-order valence-corrected chi connectivity index (χ0v) is 12.0. The Morgan fingerprint density at radius 1 is 1.09 bits per heavy atom. The Morgan fingerprint density at radius 2 is 1.91 bits per heavy atom. The number of hydrogen-bond donors (Lipinski definition) is 0. The van der Waals surface area contributed by atoms with E-state index >= 15 is 0 Å². The molecule has 0 aliphatic heterocycles. The molecule has 1 aliphatic rings. The summed E-state index contributed by atoms with van der Waals surface area (Å²) in [6, 6.07) is 7.86. The van der Waals surface area contributed by atoms with E-state index in [4.69, 9.17) is 0 Å². The second-order valence-electron chi connectivity index (χ2n) is 5.46. The van der Waals surface area contributed by atoms with E-state index in [0.29, 0.717) is 12.4 Å². The van der Waals surface area contributed by atoms with Crippen molar-refractivity contribution in [3.05, 3.63) is 65.1 Å². The first-order valence-corrected chi connectivity index (χ1v) is 7.31. The number of nitrogens with zero attached hydrogens (tertiary/aromatic N) is 5. The Morgan fingerprint density at radius 3 is 2.59 bits per heavy atom. The van der Waals surface area contributed by atoms with E-state index in [1.807, 2.05) is 24.3 Å². The highest BCUT2D eigenvalue weighted by Gasteiger charge is 2.30. The monoisotopic (exact) mass is 293 g/mol. The summed E-state index contributed by atoms with van der Waals surface area (Å²) in [5, 5.41) is 4.54. The van der Waals surface area contributed by atoms with Gasteiger partial charge in [0.2, 0.25) is 0 Å². The zero-order valence-electron chi connectivity index (χ0n) is 12.0. The van der Waals surface area contributed by atoms with Crippen LogP contribution in [-0.4, -0.2) is 24.3 Å². The molecule has 0 amide bonds. The van der Waals surface area contributed by atoms with Crippen LogP contribution in [0.25, 0.3) is 11.4 Å². The first kappa shape index (κ1) is 12.9. The van der Waals surface area contributed by atoms with E-state index in [1.54, 1.807) is 29.4 Å². The first-order chi connectivity index (χ1) is 10.8. The Labute approximate surface area is 127 Å². The van der Waals surface area contributed by atoms with Crippen molar-refractivity contribution in [3.63, 3.8) is 0 Å². The Balaban J connectivity index is 1.79. The fourth-order valence-electron chi connectivity index (χ4n) is 2.54. The second-order valence-corrected chi connectivity index (χ2v) is 5.46. The normalized spacial score (nSPS) is 14.2. The third-order valence-electron chi connectivity index (χ3n) is 3.78. The SMILES string of the molecule is O=c1n(Cc2ccncc2)nc(-c2cccnc2)n1C1CC1. The van der Waals surface area contributed by atoms with Crippen LogP contribution in [-0.2, 0) is 6.54 Å². The molecular weight excluding hydrogens is 278 g/mol. The van der Waals surface area contributed by atoms with E-state index in [-0.39, 0.29) is 11.7 Å². The minimum absolute atomic E-state index is 0.0573. The van der Waals surface area contributed by atoms with Crippen LogP contribution in [0.3, 0.4) is 0 Å². The quantitative estimate of drug-likeness (QED) is 0.736. The van der Waals surface area contributed by atoms with Crippen LogP contribution in [0.1, 0.15) is 24.4 Å².